The van der Waals surface area contributed by atoms with Crippen LogP contribution in [-0.4, -0.2) is 35.0 Å². The lowest BCUT2D eigenvalue weighted by atomic mass is 9.89. The summed E-state index contributed by atoms with van der Waals surface area (Å²) in [6, 6.07) is 7.05. The Hall–Kier alpha value is -1.79. The smallest absolute Gasteiger partial charge is 0.293 e. The summed E-state index contributed by atoms with van der Waals surface area (Å²) < 4.78 is 0. The molecule has 0 atom stereocenters. The van der Waals surface area contributed by atoms with Crippen molar-refractivity contribution in [2.24, 2.45) is 5.92 Å². The molecule has 0 unspecified atom stereocenters. The van der Waals surface area contributed by atoms with Gasteiger partial charge >= 0.3 is 0 Å². The minimum absolute atomic E-state index is 0.0355. The summed E-state index contributed by atoms with van der Waals surface area (Å²) in [7, 11) is 0. The van der Waals surface area contributed by atoms with Crippen LogP contribution in [0.2, 0.25) is 5.02 Å². The molecule has 3 rings (SSSR count). The summed E-state index contributed by atoms with van der Waals surface area (Å²) >= 11 is 6.77. The molecular formula is C19H21ClN2O3S. The van der Waals surface area contributed by atoms with Gasteiger partial charge in [-0.1, -0.05) is 43.0 Å². The van der Waals surface area contributed by atoms with E-state index in [-0.39, 0.29) is 29.5 Å². The molecule has 1 saturated carbocycles. The molecule has 1 N–H and O–H groups in total. The van der Waals surface area contributed by atoms with Crippen LogP contribution in [0.3, 0.4) is 0 Å². The lowest BCUT2D eigenvalue weighted by Crippen LogP contribution is -2.39. The molecule has 1 aliphatic heterocycles. The van der Waals surface area contributed by atoms with E-state index in [9.17, 15) is 14.4 Å². The van der Waals surface area contributed by atoms with Gasteiger partial charge in [-0.2, -0.15) is 0 Å². The Kier molecular flexibility index (Phi) is 6.38. The number of rotatable bonds is 5. The molecular weight excluding hydrogens is 372 g/mol. The molecule has 1 aromatic rings. The van der Waals surface area contributed by atoms with Crippen LogP contribution in [0.4, 0.5) is 4.79 Å². The quantitative estimate of drug-likeness (QED) is 0.767. The molecule has 3 amide bonds. The summed E-state index contributed by atoms with van der Waals surface area (Å²) in [6.07, 6.45) is 6.92. The average Bonchev–Trinajstić information content (AvgIpc) is 2.91. The lowest BCUT2D eigenvalue weighted by molar-refractivity contribution is -0.127. The van der Waals surface area contributed by atoms with E-state index in [0.717, 1.165) is 43.0 Å². The Labute approximate surface area is 162 Å². The number of carbonyl (C=O) groups is 3. The van der Waals surface area contributed by atoms with Crippen molar-refractivity contribution in [3.8, 4) is 0 Å². The standard InChI is InChI=1S/C19H21ClN2O3S/c20-15-8-6-13(7-9-15)12-16-18(24)22(19(25)26-16)11-10-21-17(23)14-4-2-1-3-5-14/h6-9,12,14H,1-5,10-11H2,(H,21,23)/b16-12+. The fraction of sp³-hybridized carbons (Fsp3) is 0.421. The van der Waals surface area contributed by atoms with Crippen molar-refractivity contribution in [2.75, 3.05) is 13.1 Å². The van der Waals surface area contributed by atoms with Crippen molar-refractivity contribution < 1.29 is 14.4 Å². The first-order valence-corrected chi connectivity index (χ1v) is 10.0. The third-order valence-corrected chi connectivity index (χ3v) is 5.81. The first-order chi connectivity index (χ1) is 12.5. The molecule has 1 aliphatic carbocycles. The highest BCUT2D eigenvalue weighted by Gasteiger charge is 2.34. The Morgan fingerprint density at radius 2 is 1.88 bits per heavy atom. The van der Waals surface area contributed by atoms with E-state index in [0.29, 0.717) is 16.5 Å². The van der Waals surface area contributed by atoms with E-state index in [1.54, 1.807) is 30.3 Å². The van der Waals surface area contributed by atoms with Crippen molar-refractivity contribution in [1.82, 2.24) is 10.2 Å². The number of imide groups is 1. The summed E-state index contributed by atoms with van der Waals surface area (Å²) in [4.78, 5) is 38.3. The van der Waals surface area contributed by atoms with Crippen LogP contribution >= 0.6 is 23.4 Å². The van der Waals surface area contributed by atoms with Crippen LogP contribution < -0.4 is 5.32 Å². The molecule has 0 radical (unpaired) electrons. The number of halogens is 1. The molecule has 26 heavy (non-hydrogen) atoms. The van der Waals surface area contributed by atoms with Crippen LogP contribution in [0.25, 0.3) is 6.08 Å². The Morgan fingerprint density at radius 1 is 1.19 bits per heavy atom. The van der Waals surface area contributed by atoms with Gasteiger partial charge in [-0.3, -0.25) is 19.3 Å². The SMILES string of the molecule is O=C(NCCN1C(=O)S/C(=C/c2ccc(Cl)cc2)C1=O)C1CCCCC1. The first kappa shape index (κ1) is 19.0. The number of nitrogens with one attached hydrogen (secondary N) is 1. The van der Waals surface area contributed by atoms with E-state index in [4.69, 9.17) is 11.6 Å². The van der Waals surface area contributed by atoms with Crippen LogP contribution in [0, 0.1) is 5.92 Å². The van der Waals surface area contributed by atoms with Gasteiger partial charge in [0.25, 0.3) is 11.1 Å². The van der Waals surface area contributed by atoms with Crippen molar-refractivity contribution >= 4 is 46.5 Å². The highest BCUT2D eigenvalue weighted by molar-refractivity contribution is 8.18. The molecule has 1 heterocycles. The minimum Gasteiger partial charge on any atom is -0.354 e. The normalized spacial score (nSPS) is 20.0. The lowest BCUT2D eigenvalue weighted by Gasteiger charge is -2.21. The number of hydrogen-bond donors (Lipinski definition) is 1. The third-order valence-electron chi connectivity index (χ3n) is 4.65. The maximum absolute atomic E-state index is 12.4. The van der Waals surface area contributed by atoms with Crippen molar-refractivity contribution in [2.45, 2.75) is 32.1 Å². The molecule has 1 saturated heterocycles. The number of thioether (sulfide) groups is 1. The number of hydrogen-bond acceptors (Lipinski definition) is 4. The van der Waals surface area contributed by atoms with Crippen LogP contribution in [0.1, 0.15) is 37.7 Å². The zero-order valence-electron chi connectivity index (χ0n) is 14.4. The van der Waals surface area contributed by atoms with E-state index in [2.05, 4.69) is 5.32 Å². The summed E-state index contributed by atoms with van der Waals surface area (Å²) in [5.74, 6) is -0.210. The van der Waals surface area contributed by atoms with E-state index in [1.807, 2.05) is 0 Å². The Morgan fingerprint density at radius 3 is 2.58 bits per heavy atom. The maximum Gasteiger partial charge on any atom is 0.293 e. The maximum atomic E-state index is 12.4. The number of carbonyl (C=O) groups excluding carboxylic acids is 3. The van der Waals surface area contributed by atoms with Crippen LogP contribution in [0.15, 0.2) is 29.2 Å². The van der Waals surface area contributed by atoms with Gasteiger partial charge in [0.2, 0.25) is 5.91 Å². The monoisotopic (exact) mass is 392 g/mol. The highest BCUT2D eigenvalue weighted by Crippen LogP contribution is 2.32. The molecule has 138 valence electrons. The second-order valence-electron chi connectivity index (χ2n) is 6.51. The molecule has 5 nitrogen and oxygen atoms in total. The summed E-state index contributed by atoms with van der Waals surface area (Å²) in [6.45, 7) is 0.489. The van der Waals surface area contributed by atoms with Gasteiger partial charge in [0.15, 0.2) is 0 Å². The summed E-state index contributed by atoms with van der Waals surface area (Å²) in [5.41, 5.74) is 0.811. The van der Waals surface area contributed by atoms with Crippen molar-refractivity contribution in [3.05, 3.63) is 39.8 Å². The molecule has 2 aliphatic rings. The van der Waals surface area contributed by atoms with Gasteiger partial charge in [0, 0.05) is 24.0 Å². The van der Waals surface area contributed by atoms with Gasteiger partial charge < -0.3 is 5.32 Å². The predicted octanol–water partition coefficient (Wildman–Crippen LogP) is 4.07. The van der Waals surface area contributed by atoms with Gasteiger partial charge in [-0.05, 0) is 48.4 Å². The zero-order chi connectivity index (χ0) is 18.5. The minimum atomic E-state index is -0.318. The van der Waals surface area contributed by atoms with Crippen LogP contribution in [-0.2, 0) is 9.59 Å². The topological polar surface area (TPSA) is 66.5 Å². The fourth-order valence-corrected chi connectivity index (χ4v) is 4.19. The molecule has 0 spiro atoms. The second-order valence-corrected chi connectivity index (χ2v) is 7.94. The number of benzene rings is 1. The van der Waals surface area contributed by atoms with E-state index < -0.39 is 0 Å². The van der Waals surface area contributed by atoms with E-state index >= 15 is 0 Å². The fourth-order valence-electron chi connectivity index (χ4n) is 3.20. The van der Waals surface area contributed by atoms with Gasteiger partial charge in [0.05, 0.1) is 4.91 Å². The van der Waals surface area contributed by atoms with Gasteiger partial charge in [-0.25, -0.2) is 0 Å². The molecule has 2 fully saturated rings. The molecule has 0 aromatic heterocycles. The number of amides is 3. The van der Waals surface area contributed by atoms with Crippen molar-refractivity contribution in [3.63, 3.8) is 0 Å². The Balaban J connectivity index is 1.53. The highest BCUT2D eigenvalue weighted by atomic mass is 35.5. The number of nitrogens with zero attached hydrogens (tertiary/aromatic N) is 1. The first-order valence-electron chi connectivity index (χ1n) is 8.83. The predicted molar refractivity (Wildman–Crippen MR) is 104 cm³/mol. The van der Waals surface area contributed by atoms with Crippen molar-refractivity contribution in [1.29, 1.82) is 0 Å². The summed E-state index contributed by atoms with van der Waals surface area (Å²) in [5, 5.41) is 3.17. The van der Waals surface area contributed by atoms with Gasteiger partial charge in [0.1, 0.15) is 0 Å². The third kappa shape index (κ3) is 4.68. The van der Waals surface area contributed by atoms with E-state index in [1.165, 1.54) is 11.3 Å². The Bertz CT molecular complexity index is 727. The largest absolute Gasteiger partial charge is 0.354 e. The average molecular weight is 393 g/mol. The zero-order valence-corrected chi connectivity index (χ0v) is 15.9. The molecule has 0 bridgehead atoms. The van der Waals surface area contributed by atoms with Crippen LogP contribution in [0.5, 0.6) is 0 Å². The second kappa shape index (κ2) is 8.73. The molecule has 7 heteroatoms. The van der Waals surface area contributed by atoms with Gasteiger partial charge in [-0.15, -0.1) is 0 Å². The molecule has 1 aromatic carbocycles.